The van der Waals surface area contributed by atoms with E-state index < -0.39 is 10.8 Å². The topological polar surface area (TPSA) is 98.0 Å². The van der Waals surface area contributed by atoms with Gasteiger partial charge in [-0.05, 0) is 18.9 Å². The Morgan fingerprint density at radius 2 is 2.20 bits per heavy atom. The lowest BCUT2D eigenvalue weighted by Crippen LogP contribution is -2.39. The molecule has 0 aliphatic carbocycles. The first-order valence-electron chi connectivity index (χ1n) is 6.30. The molecule has 2 aromatic heterocycles. The number of carbonyl (C=O) groups excluding carboxylic acids is 1. The molecule has 0 spiro atoms. The monoisotopic (exact) mass is 310 g/mol. The van der Waals surface area contributed by atoms with Crippen LogP contribution in [0.2, 0.25) is 0 Å². The van der Waals surface area contributed by atoms with Crippen LogP contribution >= 0.6 is 11.3 Å². The summed E-state index contributed by atoms with van der Waals surface area (Å²) in [4.78, 5) is 13.4. The average molecular weight is 310 g/mol. The lowest BCUT2D eigenvalue weighted by atomic mass is 10.1. The Balaban J connectivity index is 1.79. The van der Waals surface area contributed by atoms with Gasteiger partial charge in [0.1, 0.15) is 9.71 Å². The van der Waals surface area contributed by atoms with Crippen LogP contribution < -0.4 is 11.1 Å². The van der Waals surface area contributed by atoms with Gasteiger partial charge in [-0.25, -0.2) is 0 Å². The molecule has 1 saturated heterocycles. The highest BCUT2D eigenvalue weighted by Crippen LogP contribution is 2.31. The molecule has 1 aliphatic heterocycles. The van der Waals surface area contributed by atoms with Crippen molar-refractivity contribution in [2.24, 2.45) is 0 Å². The third kappa shape index (κ3) is 2.53. The number of nitrogens with two attached hydrogens (primary N) is 1. The molecule has 106 valence electrons. The zero-order valence-electron chi connectivity index (χ0n) is 10.7. The Morgan fingerprint density at radius 1 is 1.45 bits per heavy atom. The smallest absolute Gasteiger partial charge is 0.263 e. The van der Waals surface area contributed by atoms with Gasteiger partial charge in [0.25, 0.3) is 5.91 Å². The third-order valence-electron chi connectivity index (χ3n) is 3.35. The van der Waals surface area contributed by atoms with Gasteiger partial charge in [-0.1, -0.05) is 0 Å². The fraction of sp³-hybridized carbons (Fsp3) is 0.417. The number of aromatic nitrogens is 2. The average Bonchev–Trinajstić information content (AvgIpc) is 2.79. The molecule has 0 radical (unpaired) electrons. The number of nitrogens with zero attached hydrogens (tertiary/aromatic N) is 2. The summed E-state index contributed by atoms with van der Waals surface area (Å²) < 4.78 is 11.3. The van der Waals surface area contributed by atoms with Gasteiger partial charge in [0.05, 0.1) is 11.9 Å². The molecular formula is C12H14N4O2S2. The number of hydrogen-bond acceptors (Lipinski definition) is 6. The number of nitrogens with one attached hydrogen (secondary N) is 1. The summed E-state index contributed by atoms with van der Waals surface area (Å²) in [6, 6.07) is 1.84. The van der Waals surface area contributed by atoms with E-state index in [-0.39, 0.29) is 11.9 Å². The number of fused-ring (bicyclic) bond motifs is 1. The second-order valence-corrected chi connectivity index (χ2v) is 7.39. The van der Waals surface area contributed by atoms with Crippen molar-refractivity contribution < 1.29 is 9.00 Å². The summed E-state index contributed by atoms with van der Waals surface area (Å²) in [6.45, 7) is 0. The van der Waals surface area contributed by atoms with Crippen LogP contribution in [0.3, 0.4) is 0 Å². The number of nitrogen functional groups attached to an aromatic ring is 1. The van der Waals surface area contributed by atoms with Gasteiger partial charge in [-0.3, -0.25) is 9.00 Å². The molecule has 3 N–H and O–H groups in total. The Bertz CT molecular complexity index is 675. The lowest BCUT2D eigenvalue weighted by molar-refractivity contribution is 0.0939. The minimum Gasteiger partial charge on any atom is -0.397 e. The summed E-state index contributed by atoms with van der Waals surface area (Å²) in [5.41, 5.74) is 6.46. The highest BCUT2D eigenvalue weighted by Gasteiger charge is 2.23. The van der Waals surface area contributed by atoms with Crippen molar-refractivity contribution in [2.45, 2.75) is 18.9 Å². The van der Waals surface area contributed by atoms with Crippen LogP contribution in [0.5, 0.6) is 0 Å². The Labute approximate surface area is 122 Å². The van der Waals surface area contributed by atoms with Crippen molar-refractivity contribution >= 4 is 43.9 Å². The van der Waals surface area contributed by atoms with E-state index in [1.807, 2.05) is 0 Å². The van der Waals surface area contributed by atoms with E-state index in [0.29, 0.717) is 26.9 Å². The quantitative estimate of drug-likeness (QED) is 0.859. The van der Waals surface area contributed by atoms with Crippen LogP contribution in [-0.2, 0) is 10.8 Å². The molecule has 1 amide bonds. The molecule has 1 aliphatic rings. The molecule has 0 aromatic carbocycles. The number of amides is 1. The second kappa shape index (κ2) is 5.45. The van der Waals surface area contributed by atoms with Gasteiger partial charge in [0.15, 0.2) is 0 Å². The summed E-state index contributed by atoms with van der Waals surface area (Å²) in [7, 11) is -0.729. The van der Waals surface area contributed by atoms with E-state index in [1.54, 1.807) is 12.3 Å². The number of rotatable bonds is 2. The maximum Gasteiger partial charge on any atom is 0.263 e. The molecule has 2 aromatic rings. The largest absolute Gasteiger partial charge is 0.397 e. The zero-order valence-corrected chi connectivity index (χ0v) is 12.3. The predicted molar refractivity (Wildman–Crippen MR) is 80.2 cm³/mol. The minimum atomic E-state index is -0.729. The van der Waals surface area contributed by atoms with Gasteiger partial charge in [0.2, 0.25) is 0 Å². The van der Waals surface area contributed by atoms with Gasteiger partial charge in [0, 0.05) is 33.7 Å². The number of carbonyl (C=O) groups is 1. The molecule has 1 fully saturated rings. The molecule has 0 atom stereocenters. The number of hydrogen-bond donors (Lipinski definition) is 2. The van der Waals surface area contributed by atoms with Crippen LogP contribution in [-0.4, -0.2) is 37.9 Å². The van der Waals surface area contributed by atoms with Gasteiger partial charge in [-0.2, -0.15) is 5.10 Å². The summed E-state index contributed by atoms with van der Waals surface area (Å²) >= 11 is 1.25. The van der Waals surface area contributed by atoms with Crippen LogP contribution in [0.4, 0.5) is 5.69 Å². The van der Waals surface area contributed by atoms with E-state index in [0.717, 1.165) is 18.2 Å². The predicted octanol–water partition coefficient (Wildman–Crippen LogP) is 0.914. The molecule has 0 saturated carbocycles. The Morgan fingerprint density at radius 3 is 2.90 bits per heavy atom. The number of anilines is 1. The third-order valence-corrected chi connectivity index (χ3v) is 5.84. The van der Waals surface area contributed by atoms with Crippen LogP contribution in [0.1, 0.15) is 22.5 Å². The van der Waals surface area contributed by atoms with Gasteiger partial charge >= 0.3 is 0 Å². The summed E-state index contributed by atoms with van der Waals surface area (Å²) in [5, 5.41) is 11.5. The van der Waals surface area contributed by atoms with Crippen molar-refractivity contribution in [3.8, 4) is 0 Å². The Hall–Kier alpha value is -1.54. The van der Waals surface area contributed by atoms with Crippen LogP contribution in [0, 0.1) is 0 Å². The maximum absolute atomic E-state index is 12.3. The van der Waals surface area contributed by atoms with E-state index >= 15 is 0 Å². The first-order chi connectivity index (χ1) is 9.65. The van der Waals surface area contributed by atoms with E-state index in [4.69, 9.17) is 5.73 Å². The van der Waals surface area contributed by atoms with Crippen LogP contribution in [0.25, 0.3) is 10.2 Å². The molecule has 8 heteroatoms. The van der Waals surface area contributed by atoms with E-state index in [1.165, 1.54) is 11.3 Å². The van der Waals surface area contributed by atoms with Crippen molar-refractivity contribution in [3.63, 3.8) is 0 Å². The molecule has 3 heterocycles. The highest BCUT2D eigenvalue weighted by molar-refractivity contribution is 7.85. The highest BCUT2D eigenvalue weighted by atomic mass is 32.2. The summed E-state index contributed by atoms with van der Waals surface area (Å²) in [6.07, 6.45) is 3.06. The second-order valence-electron chi connectivity index (χ2n) is 4.69. The zero-order chi connectivity index (χ0) is 14.1. The molecular weight excluding hydrogens is 296 g/mol. The first kappa shape index (κ1) is 13.4. The minimum absolute atomic E-state index is 0.0795. The number of thiophene rings is 1. The normalized spacial score (nSPS) is 22.8. The Kier molecular flexibility index (Phi) is 3.66. The maximum atomic E-state index is 12.3. The fourth-order valence-corrected chi connectivity index (χ4v) is 4.47. The van der Waals surface area contributed by atoms with Crippen LogP contribution in [0.15, 0.2) is 12.3 Å². The first-order valence-corrected chi connectivity index (χ1v) is 8.61. The lowest BCUT2D eigenvalue weighted by Gasteiger charge is -2.22. The molecule has 3 rings (SSSR count). The fourth-order valence-electron chi connectivity index (χ4n) is 2.23. The van der Waals surface area contributed by atoms with Gasteiger partial charge in [-0.15, -0.1) is 16.4 Å². The van der Waals surface area contributed by atoms with E-state index in [2.05, 4.69) is 15.5 Å². The molecule has 0 unspecified atom stereocenters. The SMILES string of the molecule is Nc1c(C(=O)NC2CCS(=O)CC2)sc2nnccc12. The standard InChI is InChI=1S/C12H14N4O2S2/c13-9-8-1-4-14-16-12(8)19-10(9)11(17)15-7-2-5-20(18)6-3-7/h1,4,7H,2-3,5-6,13H2,(H,15,17). The van der Waals surface area contributed by atoms with Crippen molar-refractivity contribution in [3.05, 3.63) is 17.1 Å². The van der Waals surface area contributed by atoms with Crippen molar-refractivity contribution in [1.29, 1.82) is 0 Å². The molecule has 0 bridgehead atoms. The van der Waals surface area contributed by atoms with Crippen molar-refractivity contribution in [1.82, 2.24) is 15.5 Å². The van der Waals surface area contributed by atoms with Gasteiger partial charge < -0.3 is 11.1 Å². The molecule has 6 nitrogen and oxygen atoms in total. The van der Waals surface area contributed by atoms with Crippen molar-refractivity contribution in [2.75, 3.05) is 17.2 Å². The summed E-state index contributed by atoms with van der Waals surface area (Å²) in [5.74, 6) is 1.12. The molecule has 20 heavy (non-hydrogen) atoms. The van der Waals surface area contributed by atoms with E-state index in [9.17, 15) is 9.00 Å².